The van der Waals surface area contributed by atoms with E-state index in [1.165, 1.54) is 0 Å². The molecule has 0 aliphatic heterocycles. The molecule has 1 atom stereocenters. The number of hydrogen-bond acceptors (Lipinski definition) is 4. The maximum Gasteiger partial charge on any atom is 0.326 e. The molecule has 1 unspecified atom stereocenters. The van der Waals surface area contributed by atoms with Crippen LogP contribution in [0.15, 0.2) is 16.5 Å². The molecule has 1 aromatic heterocycles. The van der Waals surface area contributed by atoms with Crippen LogP contribution >= 0.6 is 11.8 Å². The van der Waals surface area contributed by atoms with Crippen molar-refractivity contribution in [3.05, 3.63) is 23.7 Å². The first-order valence-corrected chi connectivity index (χ1v) is 7.26. The van der Waals surface area contributed by atoms with Gasteiger partial charge in [-0.05, 0) is 23.8 Å². The Bertz CT molecular complexity index is 461. The van der Waals surface area contributed by atoms with Crippen LogP contribution < -0.4 is 5.32 Å². The van der Waals surface area contributed by atoms with Crippen LogP contribution in [0.5, 0.6) is 0 Å². The molecule has 0 aliphatic carbocycles. The molecule has 0 radical (unpaired) electrons. The number of amides is 1. The largest absolute Gasteiger partial charge is 0.480 e. The number of hydrogen-bond donors (Lipinski definition) is 2. The highest BCUT2D eigenvalue weighted by molar-refractivity contribution is 7.97. The molecule has 0 aromatic carbocycles. The topological polar surface area (TPSA) is 79.5 Å². The van der Waals surface area contributed by atoms with E-state index < -0.39 is 23.3 Å². The van der Waals surface area contributed by atoms with Crippen LogP contribution in [0.1, 0.15) is 37.1 Å². The summed E-state index contributed by atoms with van der Waals surface area (Å²) >= 11 is 1.58. The molecule has 0 aliphatic rings. The molecular weight excluding hydrogens is 266 g/mol. The van der Waals surface area contributed by atoms with Crippen LogP contribution in [0.3, 0.4) is 0 Å². The molecule has 0 fully saturated rings. The van der Waals surface area contributed by atoms with Gasteiger partial charge < -0.3 is 14.8 Å². The fourth-order valence-electron chi connectivity index (χ4n) is 1.57. The Morgan fingerprint density at radius 3 is 2.53 bits per heavy atom. The summed E-state index contributed by atoms with van der Waals surface area (Å²) in [6.07, 6.45) is 1.93. The van der Waals surface area contributed by atoms with Crippen molar-refractivity contribution < 1.29 is 19.1 Å². The smallest absolute Gasteiger partial charge is 0.326 e. The maximum absolute atomic E-state index is 11.9. The molecule has 0 spiro atoms. The lowest BCUT2D eigenvalue weighted by molar-refractivity contribution is -0.142. The number of carbonyl (C=O) groups excluding carboxylic acids is 1. The predicted octanol–water partition coefficient (Wildman–Crippen LogP) is 2.37. The highest BCUT2D eigenvalue weighted by Crippen LogP contribution is 2.20. The first-order valence-electron chi connectivity index (χ1n) is 5.87. The number of furan rings is 1. The van der Waals surface area contributed by atoms with E-state index in [4.69, 9.17) is 9.52 Å². The summed E-state index contributed by atoms with van der Waals surface area (Å²) in [7, 11) is 0. The Balaban J connectivity index is 2.79. The minimum atomic E-state index is -1.06. The second kappa shape index (κ2) is 6.14. The summed E-state index contributed by atoms with van der Waals surface area (Å²) in [5.74, 6) is -0.0548. The van der Waals surface area contributed by atoms with Crippen molar-refractivity contribution in [1.82, 2.24) is 5.32 Å². The SMILES string of the molecule is CSCc1ccc(C(=O)NC(C(=O)O)C(C)(C)C)o1. The molecular formula is C13H19NO4S. The van der Waals surface area contributed by atoms with Gasteiger partial charge in [-0.15, -0.1) is 0 Å². The maximum atomic E-state index is 11.9. The van der Waals surface area contributed by atoms with Crippen molar-refractivity contribution >= 4 is 23.6 Å². The Labute approximate surface area is 116 Å². The number of nitrogens with one attached hydrogen (secondary N) is 1. The van der Waals surface area contributed by atoms with E-state index >= 15 is 0 Å². The fourth-order valence-corrected chi connectivity index (χ4v) is 2.01. The van der Waals surface area contributed by atoms with Gasteiger partial charge in [-0.2, -0.15) is 11.8 Å². The molecule has 106 valence electrons. The molecule has 19 heavy (non-hydrogen) atoms. The van der Waals surface area contributed by atoms with E-state index in [0.29, 0.717) is 11.5 Å². The van der Waals surface area contributed by atoms with E-state index in [1.807, 2.05) is 6.26 Å². The van der Waals surface area contributed by atoms with Crippen LogP contribution in [0.4, 0.5) is 0 Å². The van der Waals surface area contributed by atoms with Crippen LogP contribution in [-0.2, 0) is 10.5 Å². The van der Waals surface area contributed by atoms with Gasteiger partial charge in [0.15, 0.2) is 5.76 Å². The van der Waals surface area contributed by atoms with Crippen LogP contribution in [0.25, 0.3) is 0 Å². The van der Waals surface area contributed by atoms with Gasteiger partial charge in [0.2, 0.25) is 0 Å². The molecule has 1 heterocycles. The summed E-state index contributed by atoms with van der Waals surface area (Å²) in [6.45, 7) is 5.27. The zero-order chi connectivity index (χ0) is 14.6. The van der Waals surface area contributed by atoms with Crippen molar-refractivity contribution in [2.75, 3.05) is 6.26 Å². The van der Waals surface area contributed by atoms with Crippen LogP contribution in [0.2, 0.25) is 0 Å². The van der Waals surface area contributed by atoms with E-state index in [-0.39, 0.29) is 5.76 Å². The first kappa shape index (κ1) is 15.6. The molecule has 1 aromatic rings. The minimum absolute atomic E-state index is 0.138. The van der Waals surface area contributed by atoms with Gasteiger partial charge in [0.1, 0.15) is 11.8 Å². The number of aliphatic carboxylic acids is 1. The lowest BCUT2D eigenvalue weighted by Gasteiger charge is -2.27. The average molecular weight is 285 g/mol. The summed E-state index contributed by atoms with van der Waals surface area (Å²) in [5, 5.41) is 11.6. The number of rotatable bonds is 5. The standard InChI is InChI=1S/C13H19NO4S/c1-13(2,3)10(12(16)17)14-11(15)9-6-5-8(18-9)7-19-4/h5-6,10H,7H2,1-4H3,(H,14,15)(H,16,17). The van der Waals surface area contributed by atoms with E-state index in [9.17, 15) is 9.59 Å². The minimum Gasteiger partial charge on any atom is -0.480 e. The number of carbonyl (C=O) groups is 2. The van der Waals surface area contributed by atoms with Crippen molar-refractivity contribution in [1.29, 1.82) is 0 Å². The molecule has 0 bridgehead atoms. The van der Waals surface area contributed by atoms with Crippen molar-refractivity contribution in [2.45, 2.75) is 32.6 Å². The highest BCUT2D eigenvalue weighted by atomic mass is 32.2. The van der Waals surface area contributed by atoms with E-state index in [2.05, 4.69) is 5.32 Å². The quantitative estimate of drug-likeness (QED) is 0.868. The van der Waals surface area contributed by atoms with E-state index in [1.54, 1.807) is 44.7 Å². The summed E-state index contributed by atoms with van der Waals surface area (Å²) < 4.78 is 5.35. The summed E-state index contributed by atoms with van der Waals surface area (Å²) in [5.41, 5.74) is -0.573. The fraction of sp³-hybridized carbons (Fsp3) is 0.538. The zero-order valence-corrected chi connectivity index (χ0v) is 12.3. The Morgan fingerprint density at radius 2 is 2.05 bits per heavy atom. The number of carboxylic acid groups (broad SMARTS) is 1. The second-order valence-corrected chi connectivity index (χ2v) is 6.18. The summed E-state index contributed by atoms with van der Waals surface area (Å²) in [6, 6.07) is 2.31. The number of thioether (sulfide) groups is 1. The third-order valence-electron chi connectivity index (χ3n) is 2.56. The van der Waals surface area contributed by atoms with Gasteiger partial charge in [0.25, 0.3) is 5.91 Å². The third kappa shape index (κ3) is 4.31. The summed E-state index contributed by atoms with van der Waals surface area (Å²) in [4.78, 5) is 23.1. The monoisotopic (exact) mass is 285 g/mol. The van der Waals surface area contributed by atoms with E-state index in [0.717, 1.165) is 0 Å². The Morgan fingerprint density at radius 1 is 1.42 bits per heavy atom. The molecule has 1 rings (SSSR count). The van der Waals surface area contributed by atoms with Crippen molar-refractivity contribution in [3.63, 3.8) is 0 Å². The number of carboxylic acids is 1. The molecule has 1 amide bonds. The van der Waals surface area contributed by atoms with Gasteiger partial charge in [0.05, 0.1) is 5.75 Å². The van der Waals surface area contributed by atoms with Crippen LogP contribution in [0, 0.1) is 5.41 Å². The predicted molar refractivity (Wildman–Crippen MR) is 74.3 cm³/mol. The molecule has 6 heteroatoms. The first-order chi connectivity index (χ1) is 8.75. The molecule has 0 saturated carbocycles. The van der Waals surface area contributed by atoms with Gasteiger partial charge in [0, 0.05) is 0 Å². The lowest BCUT2D eigenvalue weighted by atomic mass is 9.87. The normalized spacial score (nSPS) is 13.1. The molecule has 5 nitrogen and oxygen atoms in total. The zero-order valence-electron chi connectivity index (χ0n) is 11.5. The van der Waals surface area contributed by atoms with Crippen LogP contribution in [-0.4, -0.2) is 29.3 Å². The van der Waals surface area contributed by atoms with Crippen molar-refractivity contribution in [3.8, 4) is 0 Å². The second-order valence-electron chi connectivity index (χ2n) is 5.31. The van der Waals surface area contributed by atoms with Gasteiger partial charge >= 0.3 is 5.97 Å². The lowest BCUT2D eigenvalue weighted by Crippen LogP contribution is -2.49. The van der Waals surface area contributed by atoms with Gasteiger partial charge in [-0.3, -0.25) is 4.79 Å². The highest BCUT2D eigenvalue weighted by Gasteiger charge is 2.33. The Hall–Kier alpha value is -1.43. The van der Waals surface area contributed by atoms with Gasteiger partial charge in [-0.1, -0.05) is 20.8 Å². The van der Waals surface area contributed by atoms with Gasteiger partial charge in [-0.25, -0.2) is 4.79 Å². The average Bonchev–Trinajstić information content (AvgIpc) is 2.72. The molecule has 2 N–H and O–H groups in total. The third-order valence-corrected chi connectivity index (χ3v) is 3.13. The molecule has 0 saturated heterocycles. The Kier molecular flexibility index (Phi) is 5.05. The van der Waals surface area contributed by atoms with Crippen molar-refractivity contribution in [2.24, 2.45) is 5.41 Å².